The Balaban J connectivity index is 2.33. The molecule has 2 rings (SSSR count). The summed E-state index contributed by atoms with van der Waals surface area (Å²) >= 11 is 0. The first-order valence-corrected chi connectivity index (χ1v) is 6.01. The third kappa shape index (κ3) is 1.92. The summed E-state index contributed by atoms with van der Waals surface area (Å²) < 4.78 is 0. The third-order valence-electron chi connectivity index (χ3n) is 3.13. The van der Waals surface area contributed by atoms with Gasteiger partial charge in [0, 0.05) is 18.2 Å². The summed E-state index contributed by atoms with van der Waals surface area (Å²) in [6.07, 6.45) is 4.17. The molecule has 1 unspecified atom stereocenters. The minimum atomic E-state index is 0.300. The Labute approximate surface area is 97.2 Å². The number of aliphatic hydroxyl groups is 1. The molecule has 1 aliphatic rings. The molecule has 2 heteroatoms. The van der Waals surface area contributed by atoms with E-state index >= 15 is 0 Å². The average Bonchev–Trinajstić information content (AvgIpc) is 2.29. The maximum atomic E-state index is 10.00. The van der Waals surface area contributed by atoms with E-state index in [2.05, 4.69) is 32.0 Å². The van der Waals surface area contributed by atoms with Crippen LogP contribution in [0, 0.1) is 0 Å². The van der Waals surface area contributed by atoms with E-state index in [1.165, 1.54) is 5.56 Å². The summed E-state index contributed by atoms with van der Waals surface area (Å²) in [4.78, 5) is 2.01. The number of allylic oxidation sites excluding steroid dienone is 1. The van der Waals surface area contributed by atoms with E-state index in [0.717, 1.165) is 25.1 Å². The van der Waals surface area contributed by atoms with Gasteiger partial charge in [0.15, 0.2) is 5.88 Å². The molecule has 0 amide bonds. The molecule has 1 aliphatic heterocycles. The van der Waals surface area contributed by atoms with E-state index in [0.29, 0.717) is 11.8 Å². The number of nitrogens with zero attached hydrogens (tertiary/aromatic N) is 1. The van der Waals surface area contributed by atoms with Gasteiger partial charge in [-0.2, -0.15) is 0 Å². The molecule has 1 N–H and O–H groups in total. The molecule has 0 spiro atoms. The Morgan fingerprint density at radius 3 is 2.81 bits per heavy atom. The van der Waals surface area contributed by atoms with Gasteiger partial charge in [0.05, 0.1) is 0 Å². The van der Waals surface area contributed by atoms with Crippen LogP contribution in [0.25, 0.3) is 0 Å². The minimum absolute atomic E-state index is 0.300. The second-order valence-electron chi connectivity index (χ2n) is 4.38. The summed E-state index contributed by atoms with van der Waals surface area (Å²) in [5.41, 5.74) is 2.46. The smallest absolute Gasteiger partial charge is 0.187 e. The van der Waals surface area contributed by atoms with E-state index in [-0.39, 0.29) is 0 Å². The quantitative estimate of drug-likeness (QED) is 0.832. The Bertz CT molecular complexity index is 397. The van der Waals surface area contributed by atoms with Gasteiger partial charge in [-0.25, -0.2) is 0 Å². The van der Waals surface area contributed by atoms with Crippen LogP contribution in [0.2, 0.25) is 0 Å². The summed E-state index contributed by atoms with van der Waals surface area (Å²) in [5, 5.41) is 10.00. The number of hydrogen-bond acceptors (Lipinski definition) is 2. The molecular weight excluding hydrogens is 198 g/mol. The van der Waals surface area contributed by atoms with Crippen LogP contribution in [0.1, 0.15) is 38.2 Å². The lowest BCUT2D eigenvalue weighted by molar-refractivity contribution is 0.380. The number of benzene rings is 1. The van der Waals surface area contributed by atoms with Crippen molar-refractivity contribution in [1.82, 2.24) is 0 Å². The molecule has 0 saturated heterocycles. The molecular formula is C14H19NO. The zero-order valence-electron chi connectivity index (χ0n) is 9.98. The lowest BCUT2D eigenvalue weighted by Crippen LogP contribution is -2.28. The van der Waals surface area contributed by atoms with Crippen molar-refractivity contribution in [2.75, 3.05) is 11.4 Å². The summed E-state index contributed by atoms with van der Waals surface area (Å²) in [5.74, 6) is 0.703. The van der Waals surface area contributed by atoms with Crippen LogP contribution in [-0.2, 0) is 0 Å². The maximum absolute atomic E-state index is 10.00. The Kier molecular flexibility index (Phi) is 3.18. The van der Waals surface area contributed by atoms with Crippen molar-refractivity contribution < 1.29 is 5.11 Å². The second kappa shape index (κ2) is 4.60. The Morgan fingerprint density at radius 1 is 1.31 bits per heavy atom. The molecule has 1 aromatic rings. The SMILES string of the molecule is CCCCN1C(O)=CC(C)c2ccccc21. The molecule has 2 nitrogen and oxygen atoms in total. The number of anilines is 1. The van der Waals surface area contributed by atoms with E-state index in [9.17, 15) is 5.11 Å². The predicted octanol–water partition coefficient (Wildman–Crippen LogP) is 3.81. The van der Waals surface area contributed by atoms with Gasteiger partial charge in [0.2, 0.25) is 0 Å². The molecule has 0 fully saturated rings. The highest BCUT2D eigenvalue weighted by atomic mass is 16.3. The van der Waals surface area contributed by atoms with Crippen LogP contribution in [0.15, 0.2) is 36.2 Å². The highest BCUT2D eigenvalue weighted by molar-refractivity contribution is 5.61. The van der Waals surface area contributed by atoms with Gasteiger partial charge in [-0.1, -0.05) is 38.5 Å². The fourth-order valence-corrected chi connectivity index (χ4v) is 2.20. The average molecular weight is 217 g/mol. The fourth-order valence-electron chi connectivity index (χ4n) is 2.20. The van der Waals surface area contributed by atoms with Gasteiger partial charge in [-0.15, -0.1) is 0 Å². The molecule has 0 bridgehead atoms. The fraction of sp³-hybridized carbons (Fsp3) is 0.429. The van der Waals surface area contributed by atoms with Crippen molar-refractivity contribution in [3.63, 3.8) is 0 Å². The molecule has 1 aromatic carbocycles. The first-order valence-electron chi connectivity index (χ1n) is 6.01. The van der Waals surface area contributed by atoms with Gasteiger partial charge in [-0.05, 0) is 24.1 Å². The van der Waals surface area contributed by atoms with Gasteiger partial charge in [0.1, 0.15) is 0 Å². The minimum Gasteiger partial charge on any atom is -0.495 e. The zero-order valence-corrected chi connectivity index (χ0v) is 9.98. The third-order valence-corrected chi connectivity index (χ3v) is 3.13. The Hall–Kier alpha value is -1.44. The standard InChI is InChI=1S/C14H19NO/c1-3-4-9-15-13-8-6-5-7-12(13)11(2)10-14(15)16/h5-8,10-11,16H,3-4,9H2,1-2H3. The topological polar surface area (TPSA) is 23.5 Å². The maximum Gasteiger partial charge on any atom is 0.187 e. The molecule has 1 heterocycles. The number of hydrogen-bond donors (Lipinski definition) is 1. The highest BCUT2D eigenvalue weighted by Crippen LogP contribution is 2.35. The molecule has 1 atom stereocenters. The van der Waals surface area contributed by atoms with Gasteiger partial charge in [-0.3, -0.25) is 0 Å². The van der Waals surface area contributed by atoms with Crippen LogP contribution < -0.4 is 4.90 Å². The van der Waals surface area contributed by atoms with Crippen molar-refractivity contribution >= 4 is 5.69 Å². The number of aliphatic hydroxyl groups excluding tert-OH is 1. The second-order valence-corrected chi connectivity index (χ2v) is 4.38. The number of rotatable bonds is 3. The first-order chi connectivity index (χ1) is 7.74. The lowest BCUT2D eigenvalue weighted by atomic mass is 9.95. The van der Waals surface area contributed by atoms with Crippen molar-refractivity contribution in [1.29, 1.82) is 0 Å². The molecule has 0 aromatic heterocycles. The summed E-state index contributed by atoms with van der Waals surface area (Å²) in [7, 11) is 0. The van der Waals surface area contributed by atoms with Crippen LogP contribution in [-0.4, -0.2) is 11.7 Å². The van der Waals surface area contributed by atoms with Gasteiger partial charge < -0.3 is 10.0 Å². The summed E-state index contributed by atoms with van der Waals surface area (Å²) in [6, 6.07) is 8.32. The van der Waals surface area contributed by atoms with Crippen LogP contribution in [0.5, 0.6) is 0 Å². The van der Waals surface area contributed by atoms with Crippen LogP contribution in [0.3, 0.4) is 0 Å². The van der Waals surface area contributed by atoms with E-state index in [1.807, 2.05) is 17.0 Å². The van der Waals surface area contributed by atoms with Crippen LogP contribution >= 0.6 is 0 Å². The van der Waals surface area contributed by atoms with Gasteiger partial charge >= 0.3 is 0 Å². The Morgan fingerprint density at radius 2 is 2.06 bits per heavy atom. The van der Waals surface area contributed by atoms with Gasteiger partial charge in [0.25, 0.3) is 0 Å². The molecule has 0 aliphatic carbocycles. The van der Waals surface area contributed by atoms with Crippen LogP contribution in [0.4, 0.5) is 5.69 Å². The lowest BCUT2D eigenvalue weighted by Gasteiger charge is -2.31. The molecule has 86 valence electrons. The summed E-state index contributed by atoms with van der Waals surface area (Å²) in [6.45, 7) is 5.17. The predicted molar refractivity (Wildman–Crippen MR) is 67.8 cm³/mol. The van der Waals surface area contributed by atoms with Crippen molar-refractivity contribution in [3.05, 3.63) is 41.8 Å². The molecule has 16 heavy (non-hydrogen) atoms. The largest absolute Gasteiger partial charge is 0.495 e. The van der Waals surface area contributed by atoms with E-state index in [1.54, 1.807) is 0 Å². The van der Waals surface area contributed by atoms with E-state index < -0.39 is 0 Å². The highest BCUT2D eigenvalue weighted by Gasteiger charge is 2.22. The number of fused-ring (bicyclic) bond motifs is 1. The van der Waals surface area contributed by atoms with Crippen molar-refractivity contribution in [2.45, 2.75) is 32.6 Å². The van der Waals surface area contributed by atoms with Crippen molar-refractivity contribution in [3.8, 4) is 0 Å². The number of unbranched alkanes of at least 4 members (excludes halogenated alkanes) is 1. The zero-order chi connectivity index (χ0) is 11.5. The monoisotopic (exact) mass is 217 g/mol. The van der Waals surface area contributed by atoms with E-state index in [4.69, 9.17) is 0 Å². The normalized spacial score (nSPS) is 19.2. The molecule has 0 saturated carbocycles. The molecule has 0 radical (unpaired) electrons. The first kappa shape index (κ1) is 11.1. The van der Waals surface area contributed by atoms with Crippen molar-refractivity contribution in [2.24, 2.45) is 0 Å². The number of para-hydroxylation sites is 1.